The summed E-state index contributed by atoms with van der Waals surface area (Å²) in [6.07, 6.45) is 25.8. The van der Waals surface area contributed by atoms with Gasteiger partial charge in [0.25, 0.3) is 0 Å². The Hall–Kier alpha value is 0.400. The second kappa shape index (κ2) is 17.3. The molecule has 164 valence electrons. The molecule has 1 saturated heterocycles. The monoisotopic (exact) mass is 447 g/mol. The van der Waals surface area contributed by atoms with E-state index in [0.717, 1.165) is 5.92 Å². The lowest BCUT2D eigenvalue weighted by atomic mass is 9.89. The van der Waals surface area contributed by atoms with Gasteiger partial charge in [-0.1, -0.05) is 117 Å². The number of hydrogen-bond donors (Lipinski definition) is 1. The van der Waals surface area contributed by atoms with Crippen molar-refractivity contribution in [3.8, 4) is 0 Å². The Bertz CT molecular complexity index is 302. The molecule has 0 aromatic heterocycles. The minimum Gasteiger partial charge on any atom is -1.00 e. The third kappa shape index (κ3) is 14.1. The van der Waals surface area contributed by atoms with Gasteiger partial charge in [0.15, 0.2) is 0 Å². The summed E-state index contributed by atoms with van der Waals surface area (Å²) >= 11 is 0. The molecule has 0 radical (unpaired) electrons. The summed E-state index contributed by atoms with van der Waals surface area (Å²) in [6.45, 7) is 6.76. The second-order valence-corrected chi connectivity index (χ2v) is 9.14. The van der Waals surface area contributed by atoms with Crippen molar-refractivity contribution in [1.29, 1.82) is 0 Å². The fraction of sp³-hybridized carbons (Fsp3) is 1.00. The lowest BCUT2D eigenvalue weighted by molar-refractivity contribution is -0.464. The third-order valence-corrected chi connectivity index (χ3v) is 6.23. The number of halogens is 1. The number of epoxide rings is 1. The molecule has 1 rings (SSSR count). The highest BCUT2D eigenvalue weighted by Gasteiger charge is 2.57. The van der Waals surface area contributed by atoms with E-state index in [1.54, 1.807) is 0 Å². The van der Waals surface area contributed by atoms with Crippen molar-refractivity contribution in [1.82, 2.24) is 0 Å². The van der Waals surface area contributed by atoms with E-state index in [1.165, 1.54) is 116 Å². The predicted molar refractivity (Wildman–Crippen MR) is 114 cm³/mol. The van der Waals surface area contributed by atoms with Crippen LogP contribution in [0.5, 0.6) is 0 Å². The Kier molecular flexibility index (Phi) is 17.5. The number of ether oxygens (including phenoxy) is 1. The molecule has 0 aromatic carbocycles. The molecular weight excluding hydrogens is 398 g/mol. The molecule has 0 bridgehead atoms. The Balaban J connectivity index is 0.00000676. The van der Waals surface area contributed by atoms with Crippen LogP contribution in [0.2, 0.25) is 0 Å². The summed E-state index contributed by atoms with van der Waals surface area (Å²) in [5.74, 6) is 0.762. The van der Waals surface area contributed by atoms with Crippen LogP contribution in [-0.2, 0) is 4.74 Å². The van der Waals surface area contributed by atoms with E-state index >= 15 is 0 Å². The second-order valence-electron chi connectivity index (χ2n) is 9.14. The van der Waals surface area contributed by atoms with Gasteiger partial charge in [0.1, 0.15) is 6.10 Å². The quantitative estimate of drug-likeness (QED) is 0.235. The molecule has 0 spiro atoms. The normalized spacial score (nSPS) is 21.4. The van der Waals surface area contributed by atoms with Gasteiger partial charge in [-0.25, -0.2) is 0 Å². The maximum absolute atomic E-state index is 5.90. The first-order valence-electron chi connectivity index (χ1n) is 12.1. The summed E-state index contributed by atoms with van der Waals surface area (Å²) in [5, 5.41) is 0. The van der Waals surface area contributed by atoms with Crippen molar-refractivity contribution in [3.05, 3.63) is 0 Å². The van der Waals surface area contributed by atoms with Gasteiger partial charge in [0, 0.05) is 6.92 Å². The van der Waals surface area contributed by atoms with Crippen LogP contribution in [-0.4, -0.2) is 11.8 Å². The largest absolute Gasteiger partial charge is 1.00 e. The van der Waals surface area contributed by atoms with Gasteiger partial charge >= 0.3 is 0 Å². The molecule has 0 saturated carbocycles. The van der Waals surface area contributed by atoms with E-state index < -0.39 is 0 Å². The SMILES string of the molecule is CCCCCCCCCCC(CCCCCCCCCC)C1OC1(C)[NH3+].[Br-]. The standard InChI is InChI=1S/C24H49NO.BrH/c1-4-6-8-10-12-14-16-18-20-22(23-24(3,25)26-23)21-19-17-15-13-11-9-7-5-2;/h22-23H,4-21,25H2,1-3H3;1H. The predicted octanol–water partition coefficient (Wildman–Crippen LogP) is 4.03. The molecule has 2 unspecified atom stereocenters. The maximum atomic E-state index is 5.90. The van der Waals surface area contributed by atoms with Crippen LogP contribution in [0.3, 0.4) is 0 Å². The first-order chi connectivity index (χ1) is 12.6. The molecule has 1 aliphatic heterocycles. The molecule has 0 aliphatic carbocycles. The highest BCUT2D eigenvalue weighted by atomic mass is 79.9. The topological polar surface area (TPSA) is 40.2 Å². The van der Waals surface area contributed by atoms with Crippen LogP contribution in [0.1, 0.15) is 136 Å². The smallest absolute Gasteiger partial charge is 0.223 e. The minimum absolute atomic E-state index is 0. The molecule has 0 aromatic rings. The van der Waals surface area contributed by atoms with Crippen LogP contribution < -0.4 is 22.7 Å². The Morgan fingerprint density at radius 1 is 0.667 bits per heavy atom. The van der Waals surface area contributed by atoms with Crippen LogP contribution in [0.15, 0.2) is 0 Å². The van der Waals surface area contributed by atoms with E-state index in [9.17, 15) is 0 Å². The molecule has 2 nitrogen and oxygen atoms in total. The first kappa shape index (κ1) is 27.4. The van der Waals surface area contributed by atoms with Gasteiger partial charge < -0.3 is 27.5 Å². The van der Waals surface area contributed by atoms with Crippen molar-refractivity contribution >= 4 is 0 Å². The van der Waals surface area contributed by atoms with E-state index in [0.29, 0.717) is 6.10 Å². The van der Waals surface area contributed by atoms with Crippen LogP contribution in [0.4, 0.5) is 0 Å². The molecule has 27 heavy (non-hydrogen) atoms. The van der Waals surface area contributed by atoms with E-state index in [4.69, 9.17) is 4.74 Å². The molecule has 1 aliphatic rings. The van der Waals surface area contributed by atoms with Crippen molar-refractivity contribution < 1.29 is 27.5 Å². The number of quaternary nitrogens is 1. The van der Waals surface area contributed by atoms with Gasteiger partial charge in [-0.2, -0.15) is 0 Å². The zero-order valence-corrected chi connectivity index (χ0v) is 20.5. The molecule has 1 heterocycles. The third-order valence-electron chi connectivity index (χ3n) is 6.23. The molecular formula is C24H50BrNO. The fourth-order valence-corrected chi connectivity index (χ4v) is 4.38. The van der Waals surface area contributed by atoms with E-state index in [2.05, 4.69) is 26.5 Å². The molecule has 2 atom stereocenters. The van der Waals surface area contributed by atoms with Crippen LogP contribution >= 0.6 is 0 Å². The number of hydrogen-bond acceptors (Lipinski definition) is 1. The van der Waals surface area contributed by atoms with Crippen LogP contribution in [0, 0.1) is 5.92 Å². The summed E-state index contributed by atoms with van der Waals surface area (Å²) < 4.78 is 5.90. The molecule has 1 fully saturated rings. The van der Waals surface area contributed by atoms with E-state index in [1.807, 2.05) is 0 Å². The summed E-state index contributed by atoms with van der Waals surface area (Å²) in [5.41, 5.74) is 4.16. The lowest BCUT2D eigenvalue weighted by Gasteiger charge is -2.14. The number of rotatable bonds is 19. The summed E-state index contributed by atoms with van der Waals surface area (Å²) in [6, 6.07) is 0. The Labute approximate surface area is 181 Å². The maximum Gasteiger partial charge on any atom is 0.223 e. The van der Waals surface area contributed by atoms with Gasteiger partial charge in [-0.15, -0.1) is 0 Å². The lowest BCUT2D eigenvalue weighted by Crippen LogP contribution is -3.00. The average molecular weight is 449 g/mol. The van der Waals surface area contributed by atoms with Gasteiger partial charge in [-0.3, -0.25) is 0 Å². The molecule has 3 heteroatoms. The highest BCUT2D eigenvalue weighted by molar-refractivity contribution is 4.92. The first-order valence-corrected chi connectivity index (χ1v) is 12.1. The van der Waals surface area contributed by atoms with Gasteiger partial charge in [0.05, 0.1) is 0 Å². The molecule has 3 N–H and O–H groups in total. The Morgan fingerprint density at radius 2 is 0.963 bits per heavy atom. The van der Waals surface area contributed by atoms with Crippen LogP contribution in [0.25, 0.3) is 0 Å². The van der Waals surface area contributed by atoms with Crippen molar-refractivity contribution in [2.75, 3.05) is 0 Å². The minimum atomic E-state index is -0.0784. The summed E-state index contributed by atoms with van der Waals surface area (Å²) in [7, 11) is 0. The fourth-order valence-electron chi connectivity index (χ4n) is 4.38. The number of unbranched alkanes of at least 4 members (excludes halogenated alkanes) is 14. The highest BCUT2D eigenvalue weighted by Crippen LogP contribution is 2.39. The van der Waals surface area contributed by atoms with Crippen molar-refractivity contribution in [2.24, 2.45) is 5.92 Å². The molecule has 0 amide bonds. The zero-order valence-electron chi connectivity index (χ0n) is 18.9. The Morgan fingerprint density at radius 3 is 1.26 bits per heavy atom. The van der Waals surface area contributed by atoms with Gasteiger partial charge in [-0.05, 0) is 18.8 Å². The van der Waals surface area contributed by atoms with Crippen molar-refractivity contribution in [2.45, 2.75) is 148 Å². The summed E-state index contributed by atoms with van der Waals surface area (Å²) in [4.78, 5) is 0. The van der Waals surface area contributed by atoms with Gasteiger partial charge in [0.2, 0.25) is 5.72 Å². The van der Waals surface area contributed by atoms with E-state index in [-0.39, 0.29) is 22.7 Å². The van der Waals surface area contributed by atoms with Crippen molar-refractivity contribution in [3.63, 3.8) is 0 Å². The average Bonchev–Trinajstić information content (AvgIpc) is 3.25. The zero-order chi connectivity index (χ0) is 19.1.